The van der Waals surface area contributed by atoms with E-state index < -0.39 is 5.60 Å². The average Bonchev–Trinajstić information content (AvgIpc) is 3.08. The number of aliphatic hydroxyl groups is 1. The van der Waals surface area contributed by atoms with Crippen molar-refractivity contribution in [3.05, 3.63) is 12.2 Å². The predicted octanol–water partition coefficient (Wildman–Crippen LogP) is 7.32. The van der Waals surface area contributed by atoms with Crippen LogP contribution in [-0.2, 0) is 9.53 Å². The molecule has 0 aliphatic heterocycles. The molecule has 0 aromatic carbocycles. The van der Waals surface area contributed by atoms with Crippen molar-refractivity contribution >= 4 is 5.97 Å². The third-order valence-electron chi connectivity index (χ3n) is 13.3. The van der Waals surface area contributed by atoms with Gasteiger partial charge in [0.05, 0.1) is 5.60 Å². The van der Waals surface area contributed by atoms with Crippen LogP contribution in [0.2, 0.25) is 0 Å². The second-order valence-corrected chi connectivity index (χ2v) is 14.7. The zero-order valence-corrected chi connectivity index (χ0v) is 23.0. The molecule has 1 N–H and O–H groups in total. The molecule has 0 aromatic heterocycles. The normalized spacial score (nSPS) is 53.6. The highest BCUT2D eigenvalue weighted by Crippen LogP contribution is 2.76. The molecule has 0 amide bonds. The number of esters is 1. The SMILES string of the molecule is C=C(C)[C@@H]1CC[C@]2(O)CC[C@]3(C)[C@H](CC[C@@H]4[C@@]5(C)CC[C@H](OC(C)=O)C(C)(C)[C@@H]5CC[C@]43C)[C@@H]12. The Hall–Kier alpha value is -0.830. The summed E-state index contributed by atoms with van der Waals surface area (Å²) in [6.45, 7) is 20.7. The molecule has 0 bridgehead atoms. The topological polar surface area (TPSA) is 46.5 Å². The number of rotatable bonds is 2. The van der Waals surface area contributed by atoms with Crippen molar-refractivity contribution in [3.8, 4) is 0 Å². The molecule has 0 saturated heterocycles. The van der Waals surface area contributed by atoms with Crippen molar-refractivity contribution < 1.29 is 14.6 Å². The van der Waals surface area contributed by atoms with E-state index in [1.165, 1.54) is 44.1 Å². The molecule has 5 saturated carbocycles. The first kappa shape index (κ1) is 24.8. The monoisotopic (exact) mass is 470 g/mol. The van der Waals surface area contributed by atoms with Crippen LogP contribution in [0.5, 0.6) is 0 Å². The van der Waals surface area contributed by atoms with Crippen molar-refractivity contribution in [2.75, 3.05) is 0 Å². The van der Waals surface area contributed by atoms with E-state index >= 15 is 0 Å². The zero-order chi connectivity index (χ0) is 24.9. The summed E-state index contributed by atoms with van der Waals surface area (Å²) in [5.41, 5.74) is 1.70. The molecule has 192 valence electrons. The van der Waals surface area contributed by atoms with Gasteiger partial charge in [0.25, 0.3) is 0 Å². The van der Waals surface area contributed by atoms with Gasteiger partial charge >= 0.3 is 5.97 Å². The van der Waals surface area contributed by atoms with Gasteiger partial charge in [0.1, 0.15) is 6.10 Å². The summed E-state index contributed by atoms with van der Waals surface area (Å²) in [7, 11) is 0. The van der Waals surface area contributed by atoms with E-state index in [1.54, 1.807) is 6.92 Å². The fraction of sp³-hybridized carbons (Fsp3) is 0.903. The summed E-state index contributed by atoms with van der Waals surface area (Å²) in [5, 5.41) is 11.8. The van der Waals surface area contributed by atoms with Crippen LogP contribution in [0.15, 0.2) is 12.2 Å². The van der Waals surface area contributed by atoms with E-state index in [4.69, 9.17) is 4.74 Å². The lowest BCUT2D eigenvalue weighted by Gasteiger charge is -2.72. The van der Waals surface area contributed by atoms with Crippen LogP contribution in [0.3, 0.4) is 0 Å². The second kappa shape index (κ2) is 7.59. The lowest BCUT2D eigenvalue weighted by atomic mass is 9.33. The molecule has 0 heterocycles. The molecule has 5 rings (SSSR count). The molecule has 0 radical (unpaired) electrons. The summed E-state index contributed by atoms with van der Waals surface area (Å²) in [5.74, 6) is 2.64. The molecule has 10 atom stereocenters. The Balaban J connectivity index is 1.50. The zero-order valence-electron chi connectivity index (χ0n) is 23.0. The van der Waals surface area contributed by atoms with Crippen molar-refractivity contribution in [3.63, 3.8) is 0 Å². The smallest absolute Gasteiger partial charge is 0.302 e. The van der Waals surface area contributed by atoms with E-state index in [9.17, 15) is 9.90 Å². The Morgan fingerprint density at radius 1 is 0.824 bits per heavy atom. The minimum absolute atomic E-state index is 0.0150. The van der Waals surface area contributed by atoms with Gasteiger partial charge in [-0.05, 0) is 117 Å². The average molecular weight is 471 g/mol. The van der Waals surface area contributed by atoms with Crippen molar-refractivity contribution in [2.45, 2.75) is 124 Å². The Morgan fingerprint density at radius 3 is 2.18 bits per heavy atom. The van der Waals surface area contributed by atoms with Gasteiger partial charge in [-0.25, -0.2) is 0 Å². The molecule has 5 aliphatic rings. The van der Waals surface area contributed by atoms with E-state index in [2.05, 4.69) is 48.1 Å². The van der Waals surface area contributed by atoms with E-state index in [0.29, 0.717) is 35.0 Å². The minimum Gasteiger partial charge on any atom is -0.462 e. The van der Waals surface area contributed by atoms with Crippen LogP contribution in [0.1, 0.15) is 113 Å². The number of ether oxygens (including phenoxy) is 1. The van der Waals surface area contributed by atoms with E-state index in [-0.39, 0.29) is 28.3 Å². The quantitative estimate of drug-likeness (QED) is 0.340. The van der Waals surface area contributed by atoms with Gasteiger partial charge in [-0.1, -0.05) is 46.8 Å². The molecule has 0 aromatic rings. The van der Waals surface area contributed by atoms with Crippen LogP contribution in [0.4, 0.5) is 0 Å². The number of carbonyl (C=O) groups excluding carboxylic acids is 1. The highest BCUT2D eigenvalue weighted by Gasteiger charge is 2.71. The van der Waals surface area contributed by atoms with Crippen molar-refractivity contribution in [1.82, 2.24) is 0 Å². The van der Waals surface area contributed by atoms with Crippen LogP contribution in [0, 0.1) is 51.2 Å². The fourth-order valence-corrected chi connectivity index (χ4v) is 11.5. The van der Waals surface area contributed by atoms with Crippen LogP contribution < -0.4 is 0 Å². The number of hydrogen-bond acceptors (Lipinski definition) is 3. The lowest BCUT2D eigenvalue weighted by Crippen LogP contribution is -2.67. The molecule has 3 heteroatoms. The molecular weight excluding hydrogens is 420 g/mol. The van der Waals surface area contributed by atoms with Crippen LogP contribution >= 0.6 is 0 Å². The summed E-state index contributed by atoms with van der Waals surface area (Å²) < 4.78 is 5.89. The Bertz CT molecular complexity index is 876. The van der Waals surface area contributed by atoms with Gasteiger partial charge in [0, 0.05) is 12.3 Å². The maximum absolute atomic E-state index is 11.9. The van der Waals surface area contributed by atoms with Gasteiger partial charge in [-0.15, -0.1) is 0 Å². The molecule has 34 heavy (non-hydrogen) atoms. The highest BCUT2D eigenvalue weighted by molar-refractivity contribution is 5.66. The number of carbonyl (C=O) groups is 1. The summed E-state index contributed by atoms with van der Waals surface area (Å²) in [6.07, 6.45) is 11.5. The third kappa shape index (κ3) is 3.07. The van der Waals surface area contributed by atoms with Gasteiger partial charge in [0.2, 0.25) is 0 Å². The Kier molecular flexibility index (Phi) is 5.55. The van der Waals surface area contributed by atoms with Gasteiger partial charge in [0.15, 0.2) is 0 Å². The van der Waals surface area contributed by atoms with Crippen molar-refractivity contribution in [2.24, 2.45) is 51.2 Å². The van der Waals surface area contributed by atoms with Gasteiger partial charge < -0.3 is 9.84 Å². The minimum atomic E-state index is -0.470. The van der Waals surface area contributed by atoms with E-state index in [0.717, 1.165) is 25.7 Å². The third-order valence-corrected chi connectivity index (χ3v) is 13.3. The standard InChI is InChI=1S/C31H50O3/c1-19(2)21-11-16-31(33)18-17-29(7)22(26(21)31)9-10-24-28(6)14-13-25(34-20(3)32)27(4,5)23(28)12-15-30(24,29)8/h21-26,33H,1,9-18H2,2-8H3/t21-,22+,23-,24+,25-,26+,28-,29+,30+,31-/m0/s1. The number of fused-ring (bicyclic) bond motifs is 7. The van der Waals surface area contributed by atoms with Crippen molar-refractivity contribution in [1.29, 1.82) is 0 Å². The van der Waals surface area contributed by atoms with Crippen LogP contribution in [-0.4, -0.2) is 22.8 Å². The largest absolute Gasteiger partial charge is 0.462 e. The Labute approximate surface area is 208 Å². The number of hydrogen-bond donors (Lipinski definition) is 1. The van der Waals surface area contributed by atoms with Gasteiger partial charge in [-0.3, -0.25) is 4.79 Å². The summed E-state index contributed by atoms with van der Waals surface area (Å²) >= 11 is 0. The molecule has 3 nitrogen and oxygen atoms in total. The first-order valence-corrected chi connectivity index (χ1v) is 14.3. The Morgan fingerprint density at radius 2 is 1.53 bits per heavy atom. The maximum Gasteiger partial charge on any atom is 0.302 e. The molecule has 5 fully saturated rings. The second-order valence-electron chi connectivity index (χ2n) is 14.7. The van der Waals surface area contributed by atoms with E-state index in [1.807, 2.05) is 0 Å². The molecule has 0 unspecified atom stereocenters. The predicted molar refractivity (Wildman–Crippen MR) is 137 cm³/mol. The fourth-order valence-electron chi connectivity index (χ4n) is 11.5. The highest BCUT2D eigenvalue weighted by atomic mass is 16.5. The molecule has 0 spiro atoms. The first-order valence-electron chi connectivity index (χ1n) is 14.3. The molecular formula is C31H50O3. The molecule has 5 aliphatic carbocycles. The summed E-state index contributed by atoms with van der Waals surface area (Å²) in [4.78, 5) is 11.9. The lowest BCUT2D eigenvalue weighted by molar-refractivity contribution is -0.255. The first-order chi connectivity index (χ1) is 15.7. The number of allylic oxidation sites excluding steroid dienone is 1. The van der Waals surface area contributed by atoms with Gasteiger partial charge in [-0.2, -0.15) is 0 Å². The summed E-state index contributed by atoms with van der Waals surface area (Å²) in [6, 6.07) is 0. The maximum atomic E-state index is 11.9. The van der Waals surface area contributed by atoms with Crippen LogP contribution in [0.25, 0.3) is 0 Å².